The number of alkyl halides is 1. The summed E-state index contributed by atoms with van der Waals surface area (Å²) in [6.45, 7) is 2.19. The highest BCUT2D eigenvalue weighted by molar-refractivity contribution is 6.21. The third kappa shape index (κ3) is 6.83. The van der Waals surface area contributed by atoms with Gasteiger partial charge >= 0.3 is 5.97 Å². The molecule has 0 aromatic rings. The lowest BCUT2D eigenvalue weighted by Crippen LogP contribution is -2.41. The molecule has 2 aliphatic rings. The van der Waals surface area contributed by atoms with E-state index in [1.54, 1.807) is 0 Å². The van der Waals surface area contributed by atoms with E-state index in [0.29, 0.717) is 19.3 Å². The second-order valence-corrected chi connectivity index (χ2v) is 9.44. The van der Waals surface area contributed by atoms with Gasteiger partial charge in [0.05, 0.1) is 19.3 Å². The zero-order valence-electron chi connectivity index (χ0n) is 18.1. The van der Waals surface area contributed by atoms with Gasteiger partial charge < -0.3 is 14.9 Å². The van der Waals surface area contributed by atoms with E-state index in [9.17, 15) is 15.0 Å². The van der Waals surface area contributed by atoms with Crippen LogP contribution < -0.4 is 0 Å². The number of unbranched alkanes of at least 4 members (excludes halogenated alkanes) is 1. The predicted molar refractivity (Wildman–Crippen MR) is 118 cm³/mol. The predicted octanol–water partition coefficient (Wildman–Crippen LogP) is 5.16. The molecule has 0 spiro atoms. The fourth-order valence-electron chi connectivity index (χ4n) is 5.00. The Morgan fingerprint density at radius 3 is 2.69 bits per heavy atom. The quantitative estimate of drug-likeness (QED) is 0.196. The summed E-state index contributed by atoms with van der Waals surface area (Å²) in [6, 6.07) is 0. The van der Waals surface area contributed by atoms with Crippen molar-refractivity contribution in [2.75, 3.05) is 7.11 Å². The van der Waals surface area contributed by atoms with Crippen LogP contribution in [0.15, 0.2) is 24.3 Å². The molecule has 2 N–H and O–H groups in total. The number of rotatable bonds is 12. The van der Waals surface area contributed by atoms with Gasteiger partial charge in [0, 0.05) is 17.7 Å². The van der Waals surface area contributed by atoms with Crippen LogP contribution in [-0.2, 0) is 9.53 Å². The molecule has 0 aliphatic heterocycles. The van der Waals surface area contributed by atoms with Crippen LogP contribution >= 0.6 is 11.6 Å². The topological polar surface area (TPSA) is 66.8 Å². The van der Waals surface area contributed by atoms with Crippen molar-refractivity contribution in [3.63, 3.8) is 0 Å². The van der Waals surface area contributed by atoms with E-state index < -0.39 is 6.10 Å². The minimum Gasteiger partial charge on any atom is -0.469 e. The Kier molecular flexibility index (Phi) is 10.2. The van der Waals surface area contributed by atoms with Crippen molar-refractivity contribution < 1.29 is 19.7 Å². The molecule has 0 bridgehead atoms. The van der Waals surface area contributed by atoms with E-state index in [2.05, 4.69) is 36.0 Å². The Balaban J connectivity index is 1.82. The van der Waals surface area contributed by atoms with E-state index in [0.717, 1.165) is 44.9 Å². The Hall–Kier alpha value is -0.840. The summed E-state index contributed by atoms with van der Waals surface area (Å²) < 4.78 is 4.64. The third-order valence-electron chi connectivity index (χ3n) is 6.95. The van der Waals surface area contributed by atoms with Gasteiger partial charge in [-0.05, 0) is 62.7 Å². The number of methoxy groups -OCH3 is 1. The molecule has 29 heavy (non-hydrogen) atoms. The van der Waals surface area contributed by atoms with Crippen molar-refractivity contribution in [3.8, 4) is 0 Å². The van der Waals surface area contributed by atoms with E-state index in [4.69, 9.17) is 11.6 Å². The Morgan fingerprint density at radius 1 is 1.31 bits per heavy atom. The average molecular weight is 427 g/mol. The highest BCUT2D eigenvalue weighted by atomic mass is 35.5. The summed E-state index contributed by atoms with van der Waals surface area (Å²) in [5, 5.41) is 21.1. The summed E-state index contributed by atoms with van der Waals surface area (Å²) in [5.74, 6) is 0.0614. The normalized spacial score (nSPS) is 30.0. The molecule has 0 amide bonds. The van der Waals surface area contributed by atoms with E-state index in [1.807, 2.05) is 0 Å². The maximum Gasteiger partial charge on any atom is 0.305 e. The first-order chi connectivity index (χ1) is 13.9. The molecule has 2 fully saturated rings. The van der Waals surface area contributed by atoms with Gasteiger partial charge in [0.25, 0.3) is 0 Å². The number of allylic oxidation sites excluding steroid dienone is 2. The number of hydrogen-bond donors (Lipinski definition) is 2. The molecule has 166 valence electrons. The molecule has 0 heterocycles. The highest BCUT2D eigenvalue weighted by Gasteiger charge is 2.42. The van der Waals surface area contributed by atoms with Gasteiger partial charge in [-0.1, -0.05) is 44.1 Å². The first kappa shape index (κ1) is 24.4. The summed E-state index contributed by atoms with van der Waals surface area (Å²) in [6.07, 6.45) is 17.5. The molecule has 2 saturated carbocycles. The monoisotopic (exact) mass is 426 g/mol. The fraction of sp³-hybridized carbons (Fsp3) is 0.792. The molecule has 0 saturated heterocycles. The van der Waals surface area contributed by atoms with Crippen molar-refractivity contribution in [3.05, 3.63) is 24.3 Å². The zero-order chi connectivity index (χ0) is 21.3. The van der Waals surface area contributed by atoms with Crippen molar-refractivity contribution in [1.29, 1.82) is 0 Å². The van der Waals surface area contributed by atoms with Gasteiger partial charge in [-0.2, -0.15) is 0 Å². The van der Waals surface area contributed by atoms with Crippen LogP contribution in [0, 0.1) is 17.3 Å². The summed E-state index contributed by atoms with van der Waals surface area (Å²) in [4.78, 5) is 11.1. The maximum absolute atomic E-state index is 11.1. The smallest absolute Gasteiger partial charge is 0.305 e. The van der Waals surface area contributed by atoms with Crippen LogP contribution in [0.3, 0.4) is 0 Å². The number of halogens is 1. The number of aliphatic hydroxyl groups excluding tert-OH is 2. The van der Waals surface area contributed by atoms with Crippen LogP contribution in [0.1, 0.15) is 77.6 Å². The minimum atomic E-state index is -0.420. The van der Waals surface area contributed by atoms with Gasteiger partial charge in [-0.3, -0.25) is 4.79 Å². The fourth-order valence-corrected chi connectivity index (χ4v) is 5.45. The maximum atomic E-state index is 11.1. The number of carbonyl (C=O) groups is 1. The first-order valence-electron chi connectivity index (χ1n) is 11.3. The first-order valence-corrected chi connectivity index (χ1v) is 11.8. The van der Waals surface area contributed by atoms with Crippen LogP contribution in [0.25, 0.3) is 0 Å². The van der Waals surface area contributed by atoms with Gasteiger partial charge in [-0.15, -0.1) is 11.6 Å². The van der Waals surface area contributed by atoms with E-state index in [-0.39, 0.29) is 34.7 Å². The highest BCUT2D eigenvalue weighted by Crippen LogP contribution is 2.48. The molecule has 0 aromatic heterocycles. The molecular formula is C24H39ClO4. The van der Waals surface area contributed by atoms with Gasteiger partial charge in [-0.25, -0.2) is 0 Å². The summed E-state index contributed by atoms with van der Waals surface area (Å²) >= 11 is 6.52. The standard InChI is InChI=1S/C24H39ClO4/c1-3-14-24(15-9-16-24)22(27)12-8-11-19-18(20(25)17-21(19)26)10-6-4-5-7-13-23(28)29-2/h4,6,8,11,18-22,26-27H,3,5,7,9-10,12-17H2,1-2H3/b6-4-,11-8+/t18-,19-,20+,21-,22?/m1/s1. The molecule has 1 unspecified atom stereocenters. The molecule has 2 aliphatic carbocycles. The lowest BCUT2D eigenvalue weighted by Gasteiger charge is -2.45. The van der Waals surface area contributed by atoms with E-state index >= 15 is 0 Å². The van der Waals surface area contributed by atoms with Gasteiger partial charge in [0.1, 0.15) is 0 Å². The Labute approximate surface area is 181 Å². The largest absolute Gasteiger partial charge is 0.469 e. The lowest BCUT2D eigenvalue weighted by molar-refractivity contribution is -0.140. The molecule has 2 rings (SSSR count). The number of aliphatic hydroxyl groups is 2. The van der Waals surface area contributed by atoms with Crippen molar-refractivity contribution in [2.24, 2.45) is 17.3 Å². The molecular weight excluding hydrogens is 388 g/mol. The van der Waals surface area contributed by atoms with Crippen molar-refractivity contribution in [1.82, 2.24) is 0 Å². The molecule has 0 radical (unpaired) electrons. The number of hydrogen-bond acceptors (Lipinski definition) is 4. The van der Waals surface area contributed by atoms with Gasteiger partial charge in [0.2, 0.25) is 0 Å². The van der Waals surface area contributed by atoms with Crippen molar-refractivity contribution in [2.45, 2.75) is 95.1 Å². The van der Waals surface area contributed by atoms with Crippen LogP contribution in [0.4, 0.5) is 0 Å². The SMILES string of the molecule is CCCC1(C(O)C/C=C/[C@@H]2[C@@H](C/C=C\CCCC(=O)OC)[C@@H](Cl)C[C@H]2O)CCC1. The number of esters is 1. The van der Waals surface area contributed by atoms with Crippen LogP contribution in [0.5, 0.6) is 0 Å². The number of ether oxygens (including phenoxy) is 1. The molecule has 4 nitrogen and oxygen atoms in total. The Morgan fingerprint density at radius 2 is 2.07 bits per heavy atom. The molecule has 0 aromatic carbocycles. The average Bonchev–Trinajstić information content (AvgIpc) is 2.93. The molecule has 5 atom stereocenters. The zero-order valence-corrected chi connectivity index (χ0v) is 18.8. The van der Waals surface area contributed by atoms with Crippen LogP contribution in [-0.4, -0.2) is 40.9 Å². The number of carbonyl (C=O) groups excluding carboxylic acids is 1. The van der Waals surface area contributed by atoms with Crippen molar-refractivity contribution >= 4 is 17.6 Å². The summed E-state index contributed by atoms with van der Waals surface area (Å²) in [5.41, 5.74) is 0.120. The third-order valence-corrected chi connectivity index (χ3v) is 7.45. The minimum absolute atomic E-state index is 0.0351. The molecule has 5 heteroatoms. The second-order valence-electron chi connectivity index (χ2n) is 8.88. The second kappa shape index (κ2) is 12.1. The summed E-state index contributed by atoms with van der Waals surface area (Å²) in [7, 11) is 1.41. The Bertz CT molecular complexity index is 555. The van der Waals surface area contributed by atoms with Gasteiger partial charge in [0.15, 0.2) is 0 Å². The van der Waals surface area contributed by atoms with E-state index in [1.165, 1.54) is 13.5 Å². The lowest BCUT2D eigenvalue weighted by atomic mass is 9.62. The van der Waals surface area contributed by atoms with Crippen LogP contribution in [0.2, 0.25) is 0 Å².